The predicted molar refractivity (Wildman–Crippen MR) is 50.0 cm³/mol. The minimum Gasteiger partial charge on any atom is -0.466 e. The summed E-state index contributed by atoms with van der Waals surface area (Å²) < 4.78 is 5.46. The van der Waals surface area contributed by atoms with Crippen LogP contribution in [0.4, 0.5) is 0 Å². The van der Waals surface area contributed by atoms with Gasteiger partial charge in [0.2, 0.25) is 0 Å². The van der Waals surface area contributed by atoms with Crippen LogP contribution in [0, 0.1) is 12.8 Å². The van der Waals surface area contributed by atoms with E-state index in [9.17, 15) is 0 Å². The van der Waals surface area contributed by atoms with Gasteiger partial charge in [0, 0.05) is 6.42 Å². The van der Waals surface area contributed by atoms with E-state index in [2.05, 4.69) is 6.92 Å². The van der Waals surface area contributed by atoms with Crippen molar-refractivity contribution in [1.82, 2.24) is 0 Å². The highest BCUT2D eigenvalue weighted by Crippen LogP contribution is 2.13. The summed E-state index contributed by atoms with van der Waals surface area (Å²) in [4.78, 5) is 0. The molecule has 1 rings (SSSR count). The molecule has 0 spiro atoms. The van der Waals surface area contributed by atoms with Gasteiger partial charge in [0.1, 0.15) is 11.5 Å². The topological polar surface area (TPSA) is 39.2 Å². The lowest BCUT2D eigenvalue weighted by molar-refractivity contribution is 0.430. The average molecular weight is 167 g/mol. The normalized spacial score (nSPS) is 13.2. The Labute approximate surface area is 73.8 Å². The van der Waals surface area contributed by atoms with Gasteiger partial charge in [-0.2, -0.15) is 0 Å². The van der Waals surface area contributed by atoms with E-state index in [1.807, 2.05) is 19.1 Å². The molecule has 1 heterocycles. The standard InChI is InChI=1S/C10H17NO/c1-8(5-6-11)7-10-4-3-9(2)12-10/h3-4,8H,5-7,11H2,1-2H3. The number of furan rings is 1. The number of hydrogen-bond acceptors (Lipinski definition) is 2. The second-order valence-electron chi connectivity index (χ2n) is 3.40. The minimum atomic E-state index is 0.626. The van der Waals surface area contributed by atoms with Gasteiger partial charge >= 0.3 is 0 Å². The molecule has 2 N–H and O–H groups in total. The van der Waals surface area contributed by atoms with Gasteiger partial charge < -0.3 is 10.2 Å². The van der Waals surface area contributed by atoms with Crippen molar-refractivity contribution in [2.45, 2.75) is 26.7 Å². The van der Waals surface area contributed by atoms with Gasteiger partial charge in [0.05, 0.1) is 0 Å². The molecule has 0 saturated carbocycles. The van der Waals surface area contributed by atoms with Crippen LogP contribution in [0.15, 0.2) is 16.5 Å². The Morgan fingerprint density at radius 3 is 2.75 bits per heavy atom. The van der Waals surface area contributed by atoms with Gasteiger partial charge in [-0.3, -0.25) is 0 Å². The quantitative estimate of drug-likeness (QED) is 0.746. The largest absolute Gasteiger partial charge is 0.466 e. The molecular formula is C10H17NO. The van der Waals surface area contributed by atoms with Crippen LogP contribution in [0.1, 0.15) is 24.9 Å². The first-order valence-corrected chi connectivity index (χ1v) is 4.47. The fraction of sp³-hybridized carbons (Fsp3) is 0.600. The molecule has 1 unspecified atom stereocenters. The minimum absolute atomic E-state index is 0.626. The Balaban J connectivity index is 2.41. The SMILES string of the molecule is Cc1ccc(CC(C)CCN)o1. The molecule has 0 aliphatic rings. The van der Waals surface area contributed by atoms with Crippen molar-refractivity contribution in [2.75, 3.05) is 6.54 Å². The summed E-state index contributed by atoms with van der Waals surface area (Å²) in [5.74, 6) is 2.69. The molecule has 2 nitrogen and oxygen atoms in total. The first-order valence-electron chi connectivity index (χ1n) is 4.47. The Hall–Kier alpha value is -0.760. The number of nitrogens with two attached hydrogens (primary N) is 1. The molecule has 0 aliphatic heterocycles. The van der Waals surface area contributed by atoms with Gasteiger partial charge in [-0.15, -0.1) is 0 Å². The smallest absolute Gasteiger partial charge is 0.104 e. The van der Waals surface area contributed by atoms with E-state index < -0.39 is 0 Å². The number of aryl methyl sites for hydroxylation is 1. The maximum atomic E-state index is 5.46. The van der Waals surface area contributed by atoms with Gasteiger partial charge in [0.15, 0.2) is 0 Å². The van der Waals surface area contributed by atoms with Crippen LogP contribution in [-0.2, 0) is 6.42 Å². The van der Waals surface area contributed by atoms with Crippen molar-refractivity contribution in [3.05, 3.63) is 23.7 Å². The summed E-state index contributed by atoms with van der Waals surface area (Å²) in [5, 5.41) is 0. The summed E-state index contributed by atoms with van der Waals surface area (Å²) >= 11 is 0. The maximum Gasteiger partial charge on any atom is 0.104 e. The van der Waals surface area contributed by atoms with Crippen LogP contribution >= 0.6 is 0 Å². The summed E-state index contributed by atoms with van der Waals surface area (Å²) in [7, 11) is 0. The van der Waals surface area contributed by atoms with E-state index in [4.69, 9.17) is 10.2 Å². The molecule has 0 saturated heterocycles. The zero-order valence-electron chi connectivity index (χ0n) is 7.84. The lowest BCUT2D eigenvalue weighted by atomic mass is 10.0. The Kier molecular flexibility index (Phi) is 3.35. The first kappa shape index (κ1) is 9.33. The Morgan fingerprint density at radius 2 is 2.25 bits per heavy atom. The highest BCUT2D eigenvalue weighted by atomic mass is 16.3. The molecular weight excluding hydrogens is 150 g/mol. The van der Waals surface area contributed by atoms with Crippen molar-refractivity contribution in [3.63, 3.8) is 0 Å². The van der Waals surface area contributed by atoms with Crippen LogP contribution in [0.2, 0.25) is 0 Å². The third-order valence-corrected chi connectivity index (χ3v) is 2.01. The Bertz CT molecular complexity index is 229. The van der Waals surface area contributed by atoms with E-state index in [1.54, 1.807) is 0 Å². The van der Waals surface area contributed by atoms with Crippen molar-refractivity contribution in [1.29, 1.82) is 0 Å². The molecule has 0 aromatic carbocycles. The number of rotatable bonds is 4. The van der Waals surface area contributed by atoms with Crippen LogP contribution in [0.5, 0.6) is 0 Å². The van der Waals surface area contributed by atoms with Crippen molar-refractivity contribution < 1.29 is 4.42 Å². The molecule has 12 heavy (non-hydrogen) atoms. The van der Waals surface area contributed by atoms with Crippen molar-refractivity contribution in [2.24, 2.45) is 11.7 Å². The molecule has 1 aromatic heterocycles. The summed E-state index contributed by atoms with van der Waals surface area (Å²) in [6.45, 7) is 4.93. The van der Waals surface area contributed by atoms with Gasteiger partial charge in [-0.05, 0) is 37.9 Å². The highest BCUT2D eigenvalue weighted by molar-refractivity contribution is 5.05. The molecule has 1 atom stereocenters. The lowest BCUT2D eigenvalue weighted by Gasteiger charge is -2.06. The summed E-state index contributed by atoms with van der Waals surface area (Å²) in [5.41, 5.74) is 5.46. The third kappa shape index (κ3) is 2.70. The van der Waals surface area contributed by atoms with Crippen LogP contribution in [0.3, 0.4) is 0 Å². The van der Waals surface area contributed by atoms with E-state index in [0.29, 0.717) is 5.92 Å². The zero-order chi connectivity index (χ0) is 8.97. The third-order valence-electron chi connectivity index (χ3n) is 2.01. The van der Waals surface area contributed by atoms with E-state index in [1.165, 1.54) is 0 Å². The van der Waals surface area contributed by atoms with Gasteiger partial charge in [-0.1, -0.05) is 6.92 Å². The monoisotopic (exact) mass is 167 g/mol. The van der Waals surface area contributed by atoms with Crippen LogP contribution < -0.4 is 5.73 Å². The van der Waals surface area contributed by atoms with E-state index >= 15 is 0 Å². The van der Waals surface area contributed by atoms with E-state index in [0.717, 1.165) is 30.9 Å². The molecule has 0 aliphatic carbocycles. The van der Waals surface area contributed by atoms with E-state index in [-0.39, 0.29) is 0 Å². The lowest BCUT2D eigenvalue weighted by Crippen LogP contribution is -2.07. The van der Waals surface area contributed by atoms with Gasteiger partial charge in [0.25, 0.3) is 0 Å². The molecule has 1 aromatic rings. The van der Waals surface area contributed by atoms with Crippen LogP contribution in [0.25, 0.3) is 0 Å². The maximum absolute atomic E-state index is 5.46. The molecule has 2 heteroatoms. The van der Waals surface area contributed by atoms with Crippen LogP contribution in [-0.4, -0.2) is 6.54 Å². The average Bonchev–Trinajstić information content (AvgIpc) is 2.36. The molecule has 0 amide bonds. The molecule has 68 valence electrons. The summed E-state index contributed by atoms with van der Waals surface area (Å²) in [6.07, 6.45) is 2.07. The fourth-order valence-corrected chi connectivity index (χ4v) is 1.32. The summed E-state index contributed by atoms with van der Waals surface area (Å²) in [6, 6.07) is 4.05. The first-order chi connectivity index (χ1) is 5.72. The zero-order valence-corrected chi connectivity index (χ0v) is 7.84. The van der Waals surface area contributed by atoms with Crippen molar-refractivity contribution in [3.8, 4) is 0 Å². The molecule has 0 bridgehead atoms. The highest BCUT2D eigenvalue weighted by Gasteiger charge is 2.05. The van der Waals surface area contributed by atoms with Crippen molar-refractivity contribution >= 4 is 0 Å². The molecule has 0 radical (unpaired) electrons. The Morgan fingerprint density at radius 1 is 1.50 bits per heavy atom. The molecule has 0 fully saturated rings. The predicted octanol–water partition coefficient (Wildman–Crippen LogP) is 2.12. The van der Waals surface area contributed by atoms with Gasteiger partial charge in [-0.25, -0.2) is 0 Å². The second kappa shape index (κ2) is 4.31. The second-order valence-corrected chi connectivity index (χ2v) is 3.40. The number of hydrogen-bond donors (Lipinski definition) is 1. The fourth-order valence-electron chi connectivity index (χ4n) is 1.32.